The van der Waals surface area contributed by atoms with Gasteiger partial charge in [0.1, 0.15) is 11.5 Å². The highest BCUT2D eigenvalue weighted by atomic mass is 32.2. The number of hydrogen-bond acceptors (Lipinski definition) is 10. The van der Waals surface area contributed by atoms with Gasteiger partial charge in [-0.1, -0.05) is 38.8 Å². The van der Waals surface area contributed by atoms with E-state index in [0.29, 0.717) is 36.8 Å². The topological polar surface area (TPSA) is 207 Å². The maximum Gasteiger partial charge on any atom is 0.294 e. The number of phenols is 2. The van der Waals surface area contributed by atoms with Crippen molar-refractivity contribution >= 4 is 54.6 Å². The average Bonchev–Trinajstić information content (AvgIpc) is 3.03. The molecule has 0 heterocycles. The summed E-state index contributed by atoms with van der Waals surface area (Å²) in [4.78, 5) is 27.4. The molecule has 4 aromatic carbocycles. The predicted octanol–water partition coefficient (Wildman–Crippen LogP) is 6.54. The second kappa shape index (κ2) is 13.4. The third-order valence-corrected chi connectivity index (χ3v) is 9.99. The standard InChI is InChI=1S/C34H34N2O10S2/c1-3-5-7-19-9-11-21(17-27(19)47(41,42)43)35-23-13-14-24(36-22-12-10-20(8-6-4-2)28(18-22)48(44,45)46)30-29(23)33(39)31-25(37)15-16-26(38)32(31)34(30)40/h9-18,35-38H,3-8H2,1-2H3,(H,41,42,43)(H,44,45,46). The second-order valence-electron chi connectivity index (χ2n) is 11.5. The van der Waals surface area contributed by atoms with E-state index in [2.05, 4.69) is 10.6 Å². The van der Waals surface area contributed by atoms with E-state index >= 15 is 0 Å². The number of phenolic OH excluding ortho intramolecular Hbond substituents is 2. The van der Waals surface area contributed by atoms with E-state index < -0.39 is 54.4 Å². The molecule has 0 bridgehead atoms. The van der Waals surface area contributed by atoms with Gasteiger partial charge < -0.3 is 20.8 Å². The predicted molar refractivity (Wildman–Crippen MR) is 179 cm³/mol. The van der Waals surface area contributed by atoms with Crippen LogP contribution in [0.4, 0.5) is 22.7 Å². The summed E-state index contributed by atoms with van der Waals surface area (Å²) in [5, 5.41) is 27.1. The lowest BCUT2D eigenvalue weighted by atomic mass is 9.81. The van der Waals surface area contributed by atoms with Crippen molar-refractivity contribution in [2.24, 2.45) is 0 Å². The number of ketones is 2. The number of benzene rings is 4. The van der Waals surface area contributed by atoms with Gasteiger partial charge >= 0.3 is 0 Å². The van der Waals surface area contributed by atoms with Gasteiger partial charge in [-0.15, -0.1) is 0 Å². The highest BCUT2D eigenvalue weighted by molar-refractivity contribution is 7.86. The van der Waals surface area contributed by atoms with Crippen molar-refractivity contribution in [1.82, 2.24) is 0 Å². The van der Waals surface area contributed by atoms with Crippen molar-refractivity contribution in [3.05, 3.63) is 94.0 Å². The van der Waals surface area contributed by atoms with Gasteiger partial charge in [0.2, 0.25) is 11.6 Å². The molecule has 0 radical (unpaired) electrons. The third kappa shape index (κ3) is 6.78. The van der Waals surface area contributed by atoms with Crippen LogP contribution in [0, 0.1) is 0 Å². The van der Waals surface area contributed by atoms with Crippen molar-refractivity contribution in [2.75, 3.05) is 10.6 Å². The maximum absolute atomic E-state index is 14.0. The number of aryl methyl sites for hydroxylation is 2. The zero-order valence-electron chi connectivity index (χ0n) is 26.1. The molecule has 4 aromatic rings. The Kier molecular flexibility index (Phi) is 9.65. The molecule has 0 aromatic heterocycles. The first-order valence-electron chi connectivity index (χ1n) is 15.2. The number of unbranched alkanes of at least 4 members (excludes halogenated alkanes) is 2. The van der Waals surface area contributed by atoms with Crippen molar-refractivity contribution in [3.8, 4) is 11.5 Å². The van der Waals surface area contributed by atoms with Gasteiger partial charge in [-0.25, -0.2) is 0 Å². The lowest BCUT2D eigenvalue weighted by molar-refractivity contribution is 0.0975. The van der Waals surface area contributed by atoms with Crippen molar-refractivity contribution in [1.29, 1.82) is 0 Å². The molecule has 0 unspecified atom stereocenters. The minimum Gasteiger partial charge on any atom is -0.507 e. The molecule has 0 aliphatic heterocycles. The van der Waals surface area contributed by atoms with E-state index in [-0.39, 0.29) is 43.7 Å². The van der Waals surface area contributed by atoms with Gasteiger partial charge in [0, 0.05) is 11.4 Å². The van der Waals surface area contributed by atoms with Crippen LogP contribution in [0.2, 0.25) is 0 Å². The number of carbonyl (C=O) groups is 2. The van der Waals surface area contributed by atoms with E-state index in [9.17, 15) is 45.7 Å². The molecule has 0 saturated heterocycles. The zero-order chi connectivity index (χ0) is 35.0. The molecule has 252 valence electrons. The quantitative estimate of drug-likeness (QED) is 0.0608. The SMILES string of the molecule is CCCCc1ccc(Nc2ccc(Nc3ccc(CCCC)c(S(=O)(=O)O)c3)c3c2C(=O)c2c(O)ccc(O)c2C3=O)cc1S(=O)(=O)O. The van der Waals surface area contributed by atoms with Crippen LogP contribution < -0.4 is 10.6 Å². The summed E-state index contributed by atoms with van der Waals surface area (Å²) in [7, 11) is -9.24. The largest absolute Gasteiger partial charge is 0.507 e. The smallest absolute Gasteiger partial charge is 0.294 e. The summed E-state index contributed by atoms with van der Waals surface area (Å²) in [6.07, 6.45) is 3.73. The van der Waals surface area contributed by atoms with Crippen LogP contribution in [0.25, 0.3) is 0 Å². The number of fused-ring (bicyclic) bond motifs is 2. The Labute approximate surface area is 278 Å². The normalized spacial score (nSPS) is 12.8. The molecular weight excluding hydrogens is 661 g/mol. The highest BCUT2D eigenvalue weighted by Gasteiger charge is 2.38. The third-order valence-electron chi connectivity index (χ3n) is 8.12. The lowest BCUT2D eigenvalue weighted by Crippen LogP contribution is -2.24. The van der Waals surface area contributed by atoms with Gasteiger partial charge in [0.05, 0.1) is 43.4 Å². The zero-order valence-corrected chi connectivity index (χ0v) is 27.7. The highest BCUT2D eigenvalue weighted by Crippen LogP contribution is 2.44. The molecule has 5 rings (SSSR count). The van der Waals surface area contributed by atoms with Crippen LogP contribution in [-0.2, 0) is 33.1 Å². The summed E-state index contributed by atoms with van der Waals surface area (Å²) in [5.74, 6) is -2.76. The molecule has 14 heteroatoms. The van der Waals surface area contributed by atoms with Crippen molar-refractivity contribution < 1.29 is 45.7 Å². The minimum absolute atomic E-state index is 0.0402. The van der Waals surface area contributed by atoms with Crippen molar-refractivity contribution in [2.45, 2.75) is 62.2 Å². The Hall–Kier alpha value is -4.76. The molecule has 0 saturated carbocycles. The first-order valence-corrected chi connectivity index (χ1v) is 18.1. The van der Waals surface area contributed by atoms with Crippen molar-refractivity contribution in [3.63, 3.8) is 0 Å². The number of nitrogens with one attached hydrogen (secondary N) is 2. The Morgan fingerprint density at radius 3 is 1.27 bits per heavy atom. The van der Waals surface area contributed by atoms with Crippen LogP contribution in [-0.4, -0.2) is 47.7 Å². The summed E-state index contributed by atoms with van der Waals surface area (Å²) in [6.45, 7) is 3.88. The Morgan fingerprint density at radius 1 is 0.562 bits per heavy atom. The molecule has 6 N–H and O–H groups in total. The van der Waals surface area contributed by atoms with Gasteiger partial charge in [0.15, 0.2) is 0 Å². The first kappa shape index (κ1) is 34.6. The van der Waals surface area contributed by atoms with Gasteiger partial charge in [-0.2, -0.15) is 16.8 Å². The van der Waals surface area contributed by atoms with Gasteiger partial charge in [0.25, 0.3) is 20.2 Å². The first-order chi connectivity index (χ1) is 22.6. The molecular formula is C34H34N2O10S2. The molecule has 1 aliphatic rings. The van der Waals surface area contributed by atoms with E-state index in [1.807, 2.05) is 13.8 Å². The van der Waals surface area contributed by atoms with E-state index in [1.165, 1.54) is 36.4 Å². The number of aromatic hydroxyl groups is 2. The van der Waals surface area contributed by atoms with E-state index in [4.69, 9.17) is 0 Å². The van der Waals surface area contributed by atoms with E-state index in [0.717, 1.165) is 25.0 Å². The summed E-state index contributed by atoms with van der Waals surface area (Å²) in [6, 6.07) is 13.6. The van der Waals surface area contributed by atoms with Gasteiger partial charge in [-0.05, 0) is 85.3 Å². The Morgan fingerprint density at radius 2 is 0.938 bits per heavy atom. The Balaban J connectivity index is 1.66. The molecule has 0 spiro atoms. The fourth-order valence-electron chi connectivity index (χ4n) is 5.78. The second-order valence-corrected chi connectivity index (χ2v) is 14.3. The molecule has 12 nitrogen and oxygen atoms in total. The van der Waals surface area contributed by atoms with Crippen LogP contribution >= 0.6 is 0 Å². The summed E-state index contributed by atoms with van der Waals surface area (Å²) < 4.78 is 68.9. The number of carbonyl (C=O) groups excluding carboxylic acids is 2. The fraction of sp³-hybridized carbons (Fsp3) is 0.235. The Bertz CT molecular complexity index is 2020. The molecule has 48 heavy (non-hydrogen) atoms. The fourth-order valence-corrected chi connectivity index (χ4v) is 7.33. The summed E-state index contributed by atoms with van der Waals surface area (Å²) >= 11 is 0. The van der Waals surface area contributed by atoms with Crippen LogP contribution in [0.15, 0.2) is 70.5 Å². The number of rotatable bonds is 12. The number of anilines is 4. The molecule has 0 atom stereocenters. The lowest BCUT2D eigenvalue weighted by Gasteiger charge is -2.25. The van der Waals surface area contributed by atoms with Crippen LogP contribution in [0.1, 0.15) is 82.5 Å². The molecule has 0 fully saturated rings. The maximum atomic E-state index is 14.0. The van der Waals surface area contributed by atoms with Crippen LogP contribution in [0.5, 0.6) is 11.5 Å². The van der Waals surface area contributed by atoms with Crippen LogP contribution in [0.3, 0.4) is 0 Å². The number of hydrogen-bond donors (Lipinski definition) is 6. The molecule has 1 aliphatic carbocycles. The summed E-state index contributed by atoms with van der Waals surface area (Å²) in [5.41, 5.74) is -0.112. The monoisotopic (exact) mass is 694 g/mol. The van der Waals surface area contributed by atoms with Gasteiger partial charge in [-0.3, -0.25) is 18.7 Å². The minimum atomic E-state index is -4.62. The van der Waals surface area contributed by atoms with E-state index in [1.54, 1.807) is 12.1 Å². The molecule has 0 amide bonds. The average molecular weight is 695 g/mol.